The third kappa shape index (κ3) is 2.39. The van der Waals surface area contributed by atoms with Crippen molar-refractivity contribution < 1.29 is 19.3 Å². The van der Waals surface area contributed by atoms with Crippen molar-refractivity contribution in [3.05, 3.63) is 69.5 Å². The molecule has 7 nitrogen and oxygen atoms in total. The summed E-state index contributed by atoms with van der Waals surface area (Å²) in [5.41, 5.74) is 0.217. The number of hydrogen-bond donors (Lipinski definition) is 1. The molecule has 0 atom stereocenters. The van der Waals surface area contributed by atoms with Crippen molar-refractivity contribution in [3.63, 3.8) is 0 Å². The molecule has 0 aromatic heterocycles. The number of carbonyl (C=O) groups excluding carboxylic acids is 1. The largest absolute Gasteiger partial charge is 0.410 e. The predicted molar refractivity (Wildman–Crippen MR) is 79.0 cm³/mol. The third-order valence-corrected chi connectivity index (χ3v) is 3.57. The lowest BCUT2D eigenvalue weighted by Crippen LogP contribution is -2.29. The van der Waals surface area contributed by atoms with E-state index < -0.39 is 16.6 Å². The SMILES string of the molecule is O=C1/C(=N\O)c2cc([N+](=O)[O-])ccc2N1Cc1ccccc1F. The Morgan fingerprint density at radius 2 is 2.00 bits per heavy atom. The van der Waals surface area contributed by atoms with Gasteiger partial charge < -0.3 is 10.1 Å². The van der Waals surface area contributed by atoms with Gasteiger partial charge in [-0.15, -0.1) is 0 Å². The molecule has 1 heterocycles. The highest BCUT2D eigenvalue weighted by molar-refractivity contribution is 6.54. The Kier molecular flexibility index (Phi) is 3.49. The van der Waals surface area contributed by atoms with Gasteiger partial charge in [0.05, 0.1) is 17.2 Å². The van der Waals surface area contributed by atoms with Crippen LogP contribution in [0.3, 0.4) is 0 Å². The Bertz CT molecular complexity index is 850. The van der Waals surface area contributed by atoms with Crippen LogP contribution in [0.5, 0.6) is 0 Å². The molecular weight excluding hydrogens is 305 g/mol. The van der Waals surface area contributed by atoms with Crippen LogP contribution in [0, 0.1) is 15.9 Å². The average Bonchev–Trinajstić information content (AvgIpc) is 2.80. The van der Waals surface area contributed by atoms with Crippen molar-refractivity contribution in [3.8, 4) is 0 Å². The van der Waals surface area contributed by atoms with Gasteiger partial charge in [-0.1, -0.05) is 23.4 Å². The molecule has 0 spiro atoms. The standard InChI is InChI=1S/C15H10FN3O4/c16-12-4-2-1-3-9(12)8-18-13-6-5-10(19(22)23)7-11(13)14(17-21)15(18)20/h1-7,21H,8H2/b17-14-. The molecule has 0 saturated heterocycles. The van der Waals surface area contributed by atoms with Crippen LogP contribution in [0.1, 0.15) is 11.1 Å². The number of anilines is 1. The highest BCUT2D eigenvalue weighted by Crippen LogP contribution is 2.33. The lowest BCUT2D eigenvalue weighted by atomic mass is 10.1. The Hall–Kier alpha value is -3.29. The summed E-state index contributed by atoms with van der Waals surface area (Å²) >= 11 is 0. The van der Waals surface area contributed by atoms with Gasteiger partial charge in [0, 0.05) is 23.3 Å². The second-order valence-electron chi connectivity index (χ2n) is 4.89. The molecule has 0 saturated carbocycles. The second kappa shape index (κ2) is 5.48. The van der Waals surface area contributed by atoms with E-state index in [-0.39, 0.29) is 29.1 Å². The van der Waals surface area contributed by atoms with Crippen LogP contribution in [-0.2, 0) is 11.3 Å². The molecule has 116 valence electrons. The van der Waals surface area contributed by atoms with E-state index in [1.54, 1.807) is 6.07 Å². The van der Waals surface area contributed by atoms with Crippen LogP contribution >= 0.6 is 0 Å². The molecule has 1 aliphatic rings. The number of benzene rings is 2. The van der Waals surface area contributed by atoms with Gasteiger partial charge in [-0.3, -0.25) is 14.9 Å². The maximum Gasteiger partial charge on any atom is 0.281 e. The van der Waals surface area contributed by atoms with Gasteiger partial charge in [0.15, 0.2) is 5.71 Å². The number of nitrogens with zero attached hydrogens (tertiary/aromatic N) is 3. The van der Waals surface area contributed by atoms with E-state index in [4.69, 9.17) is 5.21 Å². The Morgan fingerprint density at radius 1 is 1.26 bits per heavy atom. The highest BCUT2D eigenvalue weighted by atomic mass is 19.1. The normalized spacial score (nSPS) is 15.1. The molecule has 1 aliphatic heterocycles. The number of rotatable bonds is 3. The van der Waals surface area contributed by atoms with Crippen molar-refractivity contribution >= 4 is 23.0 Å². The fraction of sp³-hybridized carbons (Fsp3) is 0.0667. The monoisotopic (exact) mass is 315 g/mol. The average molecular weight is 315 g/mol. The van der Waals surface area contributed by atoms with Gasteiger partial charge in [0.25, 0.3) is 11.6 Å². The molecule has 1 amide bonds. The van der Waals surface area contributed by atoms with Crippen LogP contribution in [0.15, 0.2) is 47.6 Å². The number of nitro groups is 1. The lowest BCUT2D eigenvalue weighted by molar-refractivity contribution is -0.384. The minimum absolute atomic E-state index is 0.0741. The zero-order valence-electron chi connectivity index (χ0n) is 11.6. The first-order valence-electron chi connectivity index (χ1n) is 6.59. The van der Waals surface area contributed by atoms with Crippen molar-refractivity contribution in [2.45, 2.75) is 6.54 Å². The Labute approximate surface area is 129 Å². The number of fused-ring (bicyclic) bond motifs is 1. The van der Waals surface area contributed by atoms with Crippen molar-refractivity contribution in [2.24, 2.45) is 5.16 Å². The molecule has 23 heavy (non-hydrogen) atoms. The summed E-state index contributed by atoms with van der Waals surface area (Å²) in [4.78, 5) is 23.8. The Morgan fingerprint density at radius 3 is 2.65 bits per heavy atom. The molecule has 2 aromatic carbocycles. The van der Waals surface area contributed by atoms with E-state index in [0.717, 1.165) is 6.07 Å². The van der Waals surface area contributed by atoms with Crippen LogP contribution in [0.25, 0.3) is 0 Å². The summed E-state index contributed by atoms with van der Waals surface area (Å²) in [7, 11) is 0. The van der Waals surface area contributed by atoms with Crippen molar-refractivity contribution in [2.75, 3.05) is 4.90 Å². The first-order chi connectivity index (χ1) is 11.0. The number of amides is 1. The van der Waals surface area contributed by atoms with Gasteiger partial charge in [0.1, 0.15) is 5.82 Å². The second-order valence-corrected chi connectivity index (χ2v) is 4.89. The zero-order chi connectivity index (χ0) is 16.6. The maximum atomic E-state index is 13.8. The van der Waals surface area contributed by atoms with E-state index in [2.05, 4.69) is 5.16 Å². The van der Waals surface area contributed by atoms with E-state index in [9.17, 15) is 19.3 Å². The van der Waals surface area contributed by atoms with Gasteiger partial charge in [0.2, 0.25) is 0 Å². The van der Waals surface area contributed by atoms with E-state index >= 15 is 0 Å². The zero-order valence-corrected chi connectivity index (χ0v) is 11.6. The Balaban J connectivity index is 2.06. The molecule has 0 unspecified atom stereocenters. The predicted octanol–water partition coefficient (Wildman–Crippen LogP) is 2.46. The number of hydrogen-bond acceptors (Lipinski definition) is 5. The lowest BCUT2D eigenvalue weighted by Gasteiger charge is -2.17. The number of non-ortho nitro benzene ring substituents is 1. The van der Waals surface area contributed by atoms with Crippen LogP contribution in [0.4, 0.5) is 15.8 Å². The molecule has 0 bridgehead atoms. The van der Waals surface area contributed by atoms with Gasteiger partial charge >= 0.3 is 0 Å². The first-order valence-corrected chi connectivity index (χ1v) is 6.59. The fourth-order valence-electron chi connectivity index (χ4n) is 2.47. The van der Waals surface area contributed by atoms with Gasteiger partial charge in [-0.05, 0) is 12.1 Å². The smallest absolute Gasteiger partial charge is 0.281 e. The van der Waals surface area contributed by atoms with Crippen molar-refractivity contribution in [1.82, 2.24) is 0 Å². The highest BCUT2D eigenvalue weighted by Gasteiger charge is 2.36. The topological polar surface area (TPSA) is 96.0 Å². The minimum Gasteiger partial charge on any atom is -0.410 e. The summed E-state index contributed by atoms with van der Waals surface area (Å²) in [6.07, 6.45) is 0. The van der Waals surface area contributed by atoms with Crippen LogP contribution < -0.4 is 4.90 Å². The molecule has 1 N–H and O–H groups in total. The summed E-state index contributed by atoms with van der Waals surface area (Å²) < 4.78 is 13.8. The number of halogens is 1. The quantitative estimate of drug-likeness (QED) is 0.534. The van der Waals surface area contributed by atoms with Crippen molar-refractivity contribution in [1.29, 1.82) is 0 Å². The molecular formula is C15H10FN3O4. The summed E-state index contributed by atoms with van der Waals surface area (Å²) in [6.45, 7) is -0.0741. The maximum absolute atomic E-state index is 13.8. The molecule has 8 heteroatoms. The summed E-state index contributed by atoms with van der Waals surface area (Å²) in [6, 6.07) is 9.74. The minimum atomic E-state index is -0.647. The number of nitro benzene ring substituents is 1. The molecule has 0 aliphatic carbocycles. The molecule has 0 radical (unpaired) electrons. The van der Waals surface area contributed by atoms with E-state index in [1.807, 2.05) is 0 Å². The summed E-state index contributed by atoms with van der Waals surface area (Å²) in [5.74, 6) is -1.12. The first kappa shape index (κ1) is 14.6. The van der Waals surface area contributed by atoms with Gasteiger partial charge in [-0.2, -0.15) is 0 Å². The van der Waals surface area contributed by atoms with E-state index in [0.29, 0.717) is 5.69 Å². The fourth-order valence-corrected chi connectivity index (χ4v) is 2.47. The van der Waals surface area contributed by atoms with E-state index in [1.165, 1.54) is 35.2 Å². The third-order valence-electron chi connectivity index (χ3n) is 3.57. The van der Waals surface area contributed by atoms with Gasteiger partial charge in [-0.25, -0.2) is 4.39 Å². The van der Waals surface area contributed by atoms with Crippen LogP contribution in [-0.4, -0.2) is 21.7 Å². The molecule has 0 fully saturated rings. The van der Waals surface area contributed by atoms with Crippen LogP contribution in [0.2, 0.25) is 0 Å². The number of oxime groups is 1. The molecule has 2 aromatic rings. The number of carbonyl (C=O) groups is 1. The molecule has 3 rings (SSSR count). The summed E-state index contributed by atoms with van der Waals surface area (Å²) in [5, 5.41) is 22.8.